The zero-order valence-corrected chi connectivity index (χ0v) is 34.2. The highest BCUT2D eigenvalue weighted by Crippen LogP contribution is 2.80. The van der Waals surface area contributed by atoms with Gasteiger partial charge in [0.05, 0.1) is 31.5 Å². The smallest absolute Gasteiger partial charge is 0.331 e. The number of hydrogen-bond donors (Lipinski definition) is 7. The predicted molar refractivity (Wildman–Crippen MR) is 200 cm³/mol. The molecule has 4 saturated heterocycles. The first kappa shape index (κ1) is 42.6. The number of ether oxygens (including phenoxy) is 9. The van der Waals surface area contributed by atoms with Crippen LogP contribution in [0.1, 0.15) is 78.6 Å². The number of aliphatic hydroxyl groups is 7. The number of carbonyl (C=O) groups is 1. The van der Waals surface area contributed by atoms with Gasteiger partial charge in [-0.05, 0) is 81.1 Å². The molecular weight excluding hydrogens is 776 g/mol. The SMILES string of the molecule is COC1CC(O[C@H]2CC[C@@]3(C)C(CCC45OC46CC=C(C4=CC(=O)OC4)[C@@]6(C)CCC53)C2)OC(C)C1O[C@@H]1O[C@H](CO[C@@H]2O[C@H](CO)[C@@H](O)[C@H](O)[C@H]2O)[C@@H](O)[C@H](O)[C@H]1O. The van der Waals surface area contributed by atoms with Crippen molar-refractivity contribution in [3.8, 4) is 0 Å². The van der Waals surface area contributed by atoms with Crippen LogP contribution in [0, 0.1) is 22.7 Å². The van der Waals surface area contributed by atoms with E-state index in [1.165, 1.54) is 5.57 Å². The normalized spacial score (nSPS) is 54.3. The van der Waals surface area contributed by atoms with E-state index >= 15 is 0 Å². The van der Waals surface area contributed by atoms with Crippen LogP contribution in [0.2, 0.25) is 0 Å². The van der Waals surface area contributed by atoms with Crippen molar-refractivity contribution in [3.05, 3.63) is 23.3 Å². The number of rotatable bonds is 10. The third kappa shape index (κ3) is 6.64. The molecule has 7 N–H and O–H groups in total. The summed E-state index contributed by atoms with van der Waals surface area (Å²) in [5.41, 5.74) is 1.87. The first-order valence-electron chi connectivity index (χ1n) is 21.5. The monoisotopic (exact) mass is 838 g/mol. The molecule has 0 radical (unpaired) electrons. The molecule has 7 fully saturated rings. The lowest BCUT2D eigenvalue weighted by Crippen LogP contribution is -2.63. The quantitative estimate of drug-likeness (QED) is 0.0861. The Balaban J connectivity index is 0.797. The van der Waals surface area contributed by atoms with E-state index in [0.717, 1.165) is 56.9 Å². The van der Waals surface area contributed by atoms with Gasteiger partial charge in [-0.3, -0.25) is 0 Å². The Hall–Kier alpha value is -1.65. The van der Waals surface area contributed by atoms with E-state index in [-0.39, 0.29) is 34.1 Å². The van der Waals surface area contributed by atoms with E-state index in [9.17, 15) is 40.5 Å². The lowest BCUT2D eigenvalue weighted by molar-refractivity contribution is -0.355. The molecular formula is C42H62O17. The second-order valence-corrected chi connectivity index (χ2v) is 19.0. The molecule has 2 spiro atoms. The maximum absolute atomic E-state index is 12.0. The molecule has 5 aliphatic heterocycles. The molecule has 59 heavy (non-hydrogen) atoms. The number of hydrogen-bond acceptors (Lipinski definition) is 17. The van der Waals surface area contributed by atoms with Crippen LogP contribution in [-0.4, -0.2) is 172 Å². The van der Waals surface area contributed by atoms with Gasteiger partial charge in [-0.15, -0.1) is 0 Å². The highest BCUT2D eigenvalue weighted by atomic mass is 16.8. The summed E-state index contributed by atoms with van der Waals surface area (Å²) in [6, 6.07) is 0. The van der Waals surface area contributed by atoms with Crippen LogP contribution in [0.5, 0.6) is 0 Å². The van der Waals surface area contributed by atoms with Crippen LogP contribution in [0.15, 0.2) is 23.3 Å². The highest BCUT2D eigenvalue weighted by Gasteiger charge is 2.85. The summed E-state index contributed by atoms with van der Waals surface area (Å²) in [5.74, 6) is 0.660. The number of cyclic esters (lactones) is 1. The van der Waals surface area contributed by atoms with Gasteiger partial charge < -0.3 is 78.4 Å². The molecule has 0 amide bonds. The predicted octanol–water partition coefficient (Wildman–Crippen LogP) is -0.132. The van der Waals surface area contributed by atoms with Crippen molar-refractivity contribution in [1.29, 1.82) is 0 Å². The molecule has 5 heterocycles. The number of aliphatic hydroxyl groups excluding tert-OH is 7. The van der Waals surface area contributed by atoms with E-state index in [4.69, 9.17) is 42.6 Å². The van der Waals surface area contributed by atoms with Gasteiger partial charge in [0.1, 0.15) is 72.7 Å². The minimum absolute atomic E-state index is 0.00610. The van der Waals surface area contributed by atoms with Gasteiger partial charge in [-0.25, -0.2) is 4.79 Å². The summed E-state index contributed by atoms with van der Waals surface area (Å²) in [5, 5.41) is 72.4. The Morgan fingerprint density at radius 1 is 0.831 bits per heavy atom. The number of methoxy groups -OCH3 is 1. The largest absolute Gasteiger partial charge is 0.458 e. The highest BCUT2D eigenvalue weighted by molar-refractivity contribution is 5.87. The maximum atomic E-state index is 12.0. The molecule has 17 nitrogen and oxygen atoms in total. The Morgan fingerprint density at radius 2 is 1.56 bits per heavy atom. The van der Waals surface area contributed by atoms with Crippen LogP contribution >= 0.6 is 0 Å². The summed E-state index contributed by atoms with van der Waals surface area (Å²) < 4.78 is 54.4. The molecule has 0 bridgehead atoms. The number of esters is 1. The fourth-order valence-electron chi connectivity index (χ4n) is 12.9. The average molecular weight is 839 g/mol. The van der Waals surface area contributed by atoms with Crippen molar-refractivity contribution in [2.24, 2.45) is 22.7 Å². The van der Waals surface area contributed by atoms with Gasteiger partial charge in [0.15, 0.2) is 18.9 Å². The minimum atomic E-state index is -1.69. The number of epoxide rings is 1. The molecule has 17 heteroatoms. The van der Waals surface area contributed by atoms with Crippen LogP contribution in [0.3, 0.4) is 0 Å². The molecule has 0 aromatic rings. The van der Waals surface area contributed by atoms with Gasteiger partial charge >= 0.3 is 5.97 Å². The van der Waals surface area contributed by atoms with Crippen LogP contribution in [0.25, 0.3) is 0 Å². The molecule has 0 aromatic carbocycles. The molecule has 3 saturated carbocycles. The zero-order valence-electron chi connectivity index (χ0n) is 34.2. The first-order valence-corrected chi connectivity index (χ1v) is 21.5. The Kier molecular flexibility index (Phi) is 11.2. The van der Waals surface area contributed by atoms with E-state index in [1.54, 1.807) is 13.2 Å². The van der Waals surface area contributed by atoms with Gasteiger partial charge in [0.2, 0.25) is 0 Å². The molecule has 21 atom stereocenters. The number of fused-ring (bicyclic) bond motifs is 2. The van der Waals surface area contributed by atoms with Gasteiger partial charge in [-0.1, -0.05) is 19.9 Å². The number of carbonyl (C=O) groups excluding carboxylic acids is 1. The third-order valence-electron chi connectivity index (χ3n) is 16.2. The van der Waals surface area contributed by atoms with E-state index < -0.39 is 99.2 Å². The molecule has 8 unspecified atom stereocenters. The second-order valence-electron chi connectivity index (χ2n) is 19.0. The molecule has 9 rings (SSSR count). The van der Waals surface area contributed by atoms with Crippen molar-refractivity contribution in [2.75, 3.05) is 26.9 Å². The van der Waals surface area contributed by atoms with Gasteiger partial charge in [0, 0.05) is 30.6 Å². The summed E-state index contributed by atoms with van der Waals surface area (Å²) >= 11 is 0. The summed E-state index contributed by atoms with van der Waals surface area (Å²) in [6.45, 7) is 5.85. The Morgan fingerprint density at radius 3 is 2.27 bits per heavy atom. The summed E-state index contributed by atoms with van der Waals surface area (Å²) in [6.07, 6.45) is -5.56. The topological polar surface area (TPSA) is 245 Å². The molecule has 0 aromatic heterocycles. The Bertz CT molecular complexity index is 1660. The zero-order chi connectivity index (χ0) is 41.8. The lowest BCUT2D eigenvalue weighted by atomic mass is 9.44. The van der Waals surface area contributed by atoms with Crippen LogP contribution in [0.4, 0.5) is 0 Å². The minimum Gasteiger partial charge on any atom is -0.458 e. The van der Waals surface area contributed by atoms with E-state index in [2.05, 4.69) is 19.9 Å². The fourth-order valence-corrected chi connectivity index (χ4v) is 12.9. The Labute approximate surface area is 343 Å². The van der Waals surface area contributed by atoms with Crippen LogP contribution < -0.4 is 0 Å². The van der Waals surface area contributed by atoms with Crippen molar-refractivity contribution in [2.45, 2.75) is 182 Å². The van der Waals surface area contributed by atoms with Gasteiger partial charge in [-0.2, -0.15) is 0 Å². The molecule has 4 aliphatic carbocycles. The maximum Gasteiger partial charge on any atom is 0.331 e. The van der Waals surface area contributed by atoms with Crippen LogP contribution in [-0.2, 0) is 47.4 Å². The molecule has 9 aliphatic rings. The van der Waals surface area contributed by atoms with Crippen molar-refractivity contribution < 1.29 is 83.2 Å². The first-order chi connectivity index (χ1) is 28.1. The lowest BCUT2D eigenvalue weighted by Gasteiger charge is -2.58. The summed E-state index contributed by atoms with van der Waals surface area (Å²) in [7, 11) is 1.55. The van der Waals surface area contributed by atoms with E-state index in [0.29, 0.717) is 24.9 Å². The second kappa shape index (κ2) is 15.6. The fraction of sp³-hybridized carbons (Fsp3) is 0.881. The van der Waals surface area contributed by atoms with Crippen molar-refractivity contribution in [3.63, 3.8) is 0 Å². The average Bonchev–Trinajstić information content (AvgIpc) is 3.53. The third-order valence-corrected chi connectivity index (χ3v) is 16.2. The van der Waals surface area contributed by atoms with Crippen molar-refractivity contribution in [1.82, 2.24) is 0 Å². The summed E-state index contributed by atoms with van der Waals surface area (Å²) in [4.78, 5) is 12.0. The van der Waals surface area contributed by atoms with E-state index in [1.807, 2.05) is 6.92 Å². The molecule has 332 valence electrons. The standard InChI is InChI=1S/C42H62O17/c1-19-36(58-38-35(50)33(48)31(46)26(57-38)18-53-37-34(49)32(47)30(45)25(16-43)56-37)24(51-4)15-29(54-19)55-22-6-9-39(2)21(14-22)5-11-41-27(39)8-10-40(3)23(7-12-42(40,41)59-41)20-13-28(44)52-17-20/h7,13,19,21-22,24-27,29-38,43,45-50H,5-6,8-12,14-18H2,1-4H3/t19?,21?,22-,24?,25+,26+,27?,29?,30+,31+,32-,33-,34+,35+,36?,37+,38-,39-,40+,41?,42?/m0/s1. The van der Waals surface area contributed by atoms with Gasteiger partial charge in [0.25, 0.3) is 0 Å². The van der Waals surface area contributed by atoms with Crippen molar-refractivity contribution >= 4 is 5.97 Å².